The smallest absolute Gasteiger partial charge is 0.195 e. The first-order valence-corrected chi connectivity index (χ1v) is 9.24. The molecule has 0 aliphatic rings. The third-order valence-electron chi connectivity index (χ3n) is 4.56. The minimum absolute atomic E-state index is 0.0188. The molecule has 0 fully saturated rings. The zero-order valence-corrected chi connectivity index (χ0v) is 14.6. The highest BCUT2D eigenvalue weighted by molar-refractivity contribution is 7.13. The minimum Gasteiger partial charge on any atom is -0.359 e. The van der Waals surface area contributed by atoms with E-state index in [1.165, 1.54) is 0 Å². The van der Waals surface area contributed by atoms with Crippen LogP contribution < -0.4 is 0 Å². The van der Waals surface area contributed by atoms with Gasteiger partial charge in [-0.15, -0.1) is 11.3 Å². The van der Waals surface area contributed by atoms with Crippen molar-refractivity contribution in [3.05, 3.63) is 89.4 Å². The number of aromatic amines is 1. The molecule has 0 saturated carbocycles. The number of para-hydroxylation sites is 1. The molecule has 124 valence electrons. The van der Waals surface area contributed by atoms with Crippen LogP contribution in [0.1, 0.15) is 15.9 Å². The van der Waals surface area contributed by atoms with E-state index in [0.29, 0.717) is 11.1 Å². The number of hydrogen-bond acceptors (Lipinski definition) is 3. The lowest BCUT2D eigenvalue weighted by atomic mass is 9.99. The molecule has 0 unspecified atom stereocenters. The van der Waals surface area contributed by atoms with Gasteiger partial charge >= 0.3 is 0 Å². The Bertz CT molecular complexity index is 1240. The quantitative estimate of drug-likeness (QED) is 0.424. The van der Waals surface area contributed by atoms with Crippen LogP contribution in [0.5, 0.6) is 0 Å². The Labute approximate surface area is 154 Å². The van der Waals surface area contributed by atoms with Gasteiger partial charge in [-0.25, -0.2) is 4.98 Å². The number of benzene rings is 2. The maximum absolute atomic E-state index is 13.1. The molecule has 5 aromatic rings. The third-order valence-corrected chi connectivity index (χ3v) is 5.43. The summed E-state index contributed by atoms with van der Waals surface area (Å²) in [5.74, 6) is 0.0188. The van der Waals surface area contributed by atoms with Crippen LogP contribution in [0.15, 0.2) is 78.3 Å². The van der Waals surface area contributed by atoms with Crippen LogP contribution in [0, 0.1) is 0 Å². The molecule has 0 spiro atoms. The lowest BCUT2D eigenvalue weighted by Crippen LogP contribution is -2.00. The molecular formula is C22H14N2OS. The average molecular weight is 354 g/mol. The van der Waals surface area contributed by atoms with Crippen molar-refractivity contribution < 1.29 is 4.79 Å². The highest BCUT2D eigenvalue weighted by Gasteiger charge is 2.20. The standard InChI is InChI=1S/C22H14N2OS/c25-22(14-7-2-1-3-8-14)16-13-23-21-19(16)15-9-4-5-10-17(15)24-20(21)18-11-6-12-26-18/h1-13,23H. The van der Waals surface area contributed by atoms with E-state index >= 15 is 0 Å². The molecule has 4 heteroatoms. The second kappa shape index (κ2) is 5.93. The zero-order valence-electron chi connectivity index (χ0n) is 13.8. The van der Waals surface area contributed by atoms with E-state index in [0.717, 1.165) is 32.4 Å². The molecule has 0 saturated heterocycles. The predicted molar refractivity (Wildman–Crippen MR) is 107 cm³/mol. The van der Waals surface area contributed by atoms with E-state index in [2.05, 4.69) is 11.1 Å². The molecular weight excluding hydrogens is 340 g/mol. The SMILES string of the molecule is O=C(c1ccccc1)c1c[nH]c2c(-c3cccs3)nc3ccccc3c12. The topological polar surface area (TPSA) is 45.8 Å². The number of aromatic nitrogens is 2. The molecule has 0 atom stereocenters. The molecule has 0 bridgehead atoms. The van der Waals surface area contributed by atoms with Crippen LogP contribution in [0.3, 0.4) is 0 Å². The number of H-pyrrole nitrogens is 1. The van der Waals surface area contributed by atoms with E-state index in [1.807, 2.05) is 72.2 Å². The Morgan fingerprint density at radius 1 is 0.923 bits per heavy atom. The van der Waals surface area contributed by atoms with Gasteiger partial charge < -0.3 is 4.98 Å². The first kappa shape index (κ1) is 15.0. The summed E-state index contributed by atoms with van der Waals surface area (Å²) in [6.07, 6.45) is 1.81. The fraction of sp³-hybridized carbons (Fsp3) is 0. The third kappa shape index (κ3) is 2.27. The van der Waals surface area contributed by atoms with Gasteiger partial charge in [0.25, 0.3) is 0 Å². The van der Waals surface area contributed by atoms with Gasteiger partial charge in [0.15, 0.2) is 5.78 Å². The van der Waals surface area contributed by atoms with Gasteiger partial charge in [-0.2, -0.15) is 0 Å². The highest BCUT2D eigenvalue weighted by Crippen LogP contribution is 2.36. The Balaban J connectivity index is 1.86. The van der Waals surface area contributed by atoms with E-state index in [9.17, 15) is 4.79 Å². The van der Waals surface area contributed by atoms with Crippen LogP contribution in [0.4, 0.5) is 0 Å². The van der Waals surface area contributed by atoms with Crippen molar-refractivity contribution in [1.29, 1.82) is 0 Å². The first-order chi connectivity index (χ1) is 12.8. The first-order valence-electron chi connectivity index (χ1n) is 8.36. The Hall–Kier alpha value is -3.24. The number of carbonyl (C=O) groups is 1. The summed E-state index contributed by atoms with van der Waals surface area (Å²) in [6, 6.07) is 21.5. The van der Waals surface area contributed by atoms with Crippen LogP contribution in [0.2, 0.25) is 0 Å². The maximum atomic E-state index is 13.1. The number of carbonyl (C=O) groups excluding carboxylic acids is 1. The number of nitrogens with zero attached hydrogens (tertiary/aromatic N) is 1. The second-order valence-electron chi connectivity index (χ2n) is 6.10. The number of ketones is 1. The zero-order chi connectivity index (χ0) is 17.5. The molecule has 2 aromatic carbocycles. The summed E-state index contributed by atoms with van der Waals surface area (Å²) in [7, 11) is 0. The van der Waals surface area contributed by atoms with Crippen LogP contribution in [-0.2, 0) is 0 Å². The Morgan fingerprint density at radius 2 is 1.73 bits per heavy atom. The summed E-state index contributed by atoms with van der Waals surface area (Å²) < 4.78 is 0. The van der Waals surface area contributed by atoms with Crippen molar-refractivity contribution >= 4 is 38.9 Å². The van der Waals surface area contributed by atoms with Crippen molar-refractivity contribution in [3.8, 4) is 10.6 Å². The Morgan fingerprint density at radius 3 is 2.54 bits per heavy atom. The number of fused-ring (bicyclic) bond motifs is 3. The molecule has 3 heterocycles. The van der Waals surface area contributed by atoms with Gasteiger partial charge in [0.2, 0.25) is 0 Å². The van der Waals surface area contributed by atoms with E-state index in [4.69, 9.17) is 4.98 Å². The number of nitrogens with one attached hydrogen (secondary N) is 1. The molecule has 5 rings (SSSR count). The van der Waals surface area contributed by atoms with Crippen LogP contribution in [-0.4, -0.2) is 15.8 Å². The van der Waals surface area contributed by atoms with Gasteiger partial charge in [-0.3, -0.25) is 4.79 Å². The number of hydrogen-bond donors (Lipinski definition) is 1. The minimum atomic E-state index is 0.0188. The summed E-state index contributed by atoms with van der Waals surface area (Å²) in [5, 5.41) is 3.97. The van der Waals surface area contributed by atoms with Gasteiger partial charge in [0.05, 0.1) is 15.9 Å². The van der Waals surface area contributed by atoms with Gasteiger partial charge in [0.1, 0.15) is 5.69 Å². The number of thiophene rings is 1. The lowest BCUT2D eigenvalue weighted by Gasteiger charge is -2.07. The van der Waals surface area contributed by atoms with Gasteiger partial charge in [0, 0.05) is 28.1 Å². The second-order valence-corrected chi connectivity index (χ2v) is 7.05. The molecule has 3 aromatic heterocycles. The van der Waals surface area contributed by atoms with E-state index in [1.54, 1.807) is 11.3 Å². The Kier molecular flexibility index (Phi) is 3.43. The number of rotatable bonds is 3. The summed E-state index contributed by atoms with van der Waals surface area (Å²) >= 11 is 1.65. The fourth-order valence-corrected chi connectivity index (χ4v) is 4.08. The average Bonchev–Trinajstić information content (AvgIpc) is 3.38. The molecule has 0 radical (unpaired) electrons. The van der Waals surface area contributed by atoms with Crippen LogP contribution >= 0.6 is 11.3 Å². The summed E-state index contributed by atoms with van der Waals surface area (Å²) in [6.45, 7) is 0. The molecule has 26 heavy (non-hydrogen) atoms. The van der Waals surface area contributed by atoms with Gasteiger partial charge in [-0.1, -0.05) is 54.6 Å². The number of pyridine rings is 1. The van der Waals surface area contributed by atoms with Crippen molar-refractivity contribution in [1.82, 2.24) is 9.97 Å². The molecule has 0 aliphatic carbocycles. The molecule has 0 aliphatic heterocycles. The van der Waals surface area contributed by atoms with Crippen molar-refractivity contribution in [3.63, 3.8) is 0 Å². The largest absolute Gasteiger partial charge is 0.359 e. The molecule has 3 nitrogen and oxygen atoms in total. The normalized spacial score (nSPS) is 11.2. The summed E-state index contributed by atoms with van der Waals surface area (Å²) in [5.41, 5.74) is 4.06. The van der Waals surface area contributed by atoms with Crippen molar-refractivity contribution in [2.45, 2.75) is 0 Å². The lowest BCUT2D eigenvalue weighted by molar-refractivity contribution is 0.104. The molecule has 0 amide bonds. The monoisotopic (exact) mass is 354 g/mol. The summed E-state index contributed by atoms with van der Waals surface area (Å²) in [4.78, 5) is 22.4. The van der Waals surface area contributed by atoms with Gasteiger partial charge in [-0.05, 0) is 17.5 Å². The highest BCUT2D eigenvalue weighted by atomic mass is 32.1. The predicted octanol–water partition coefficient (Wildman–Crippen LogP) is 5.68. The molecule has 1 N–H and O–H groups in total. The van der Waals surface area contributed by atoms with Crippen molar-refractivity contribution in [2.24, 2.45) is 0 Å². The van der Waals surface area contributed by atoms with E-state index < -0.39 is 0 Å². The van der Waals surface area contributed by atoms with E-state index in [-0.39, 0.29) is 5.78 Å². The van der Waals surface area contributed by atoms with Crippen molar-refractivity contribution in [2.75, 3.05) is 0 Å². The fourth-order valence-electron chi connectivity index (χ4n) is 3.36. The van der Waals surface area contributed by atoms with Crippen LogP contribution in [0.25, 0.3) is 32.4 Å². The maximum Gasteiger partial charge on any atom is 0.195 e.